The third-order valence-corrected chi connectivity index (χ3v) is 6.30. The van der Waals surface area contributed by atoms with E-state index < -0.39 is 10.0 Å². The average molecular weight is 365 g/mol. The van der Waals surface area contributed by atoms with Gasteiger partial charge in [-0.05, 0) is 37.5 Å². The van der Waals surface area contributed by atoms with Gasteiger partial charge in [0.1, 0.15) is 0 Å². The first kappa shape index (κ1) is 17.5. The number of sulfonamides is 1. The topological polar surface area (TPSA) is 66.5 Å². The number of carbonyl (C=O) groups excluding carboxylic acids is 1. The predicted molar refractivity (Wildman–Crippen MR) is 88.1 cm³/mol. The van der Waals surface area contributed by atoms with Crippen LogP contribution in [0.15, 0.2) is 12.1 Å². The molecule has 8 heteroatoms. The van der Waals surface area contributed by atoms with Gasteiger partial charge in [0, 0.05) is 35.2 Å². The molecule has 0 atom stereocenters. The second-order valence-corrected chi connectivity index (χ2v) is 8.15. The van der Waals surface area contributed by atoms with Crippen LogP contribution in [0.4, 0.5) is 0 Å². The molecule has 0 aromatic heterocycles. The highest BCUT2D eigenvalue weighted by Crippen LogP contribution is 2.25. The first-order chi connectivity index (χ1) is 10.3. The minimum atomic E-state index is -3.29. The summed E-state index contributed by atoms with van der Waals surface area (Å²) in [5.41, 5.74) is 1.02. The first-order valence-electron chi connectivity index (χ1n) is 7.03. The van der Waals surface area contributed by atoms with Crippen molar-refractivity contribution in [3.05, 3.63) is 33.3 Å². The van der Waals surface area contributed by atoms with Crippen LogP contribution in [0.1, 0.15) is 28.8 Å². The first-order valence-corrected chi connectivity index (χ1v) is 9.39. The van der Waals surface area contributed by atoms with Gasteiger partial charge in [-0.2, -0.15) is 0 Å². The van der Waals surface area contributed by atoms with Crippen molar-refractivity contribution in [2.24, 2.45) is 0 Å². The Morgan fingerprint density at radius 3 is 2.32 bits per heavy atom. The molecule has 0 spiro atoms. The Hall–Kier alpha value is -0.820. The molecule has 1 aromatic rings. The second-order valence-electron chi connectivity index (χ2n) is 5.24. The van der Waals surface area contributed by atoms with E-state index in [0.29, 0.717) is 34.3 Å². The van der Waals surface area contributed by atoms with E-state index in [0.717, 1.165) is 12.8 Å². The van der Waals surface area contributed by atoms with Crippen molar-refractivity contribution in [3.8, 4) is 0 Å². The Balaban J connectivity index is 1.93. The summed E-state index contributed by atoms with van der Waals surface area (Å²) in [4.78, 5) is 12.0. The maximum absolute atomic E-state index is 12.0. The summed E-state index contributed by atoms with van der Waals surface area (Å²) in [5, 5.41) is 3.40. The maximum Gasteiger partial charge on any atom is 0.251 e. The van der Waals surface area contributed by atoms with Gasteiger partial charge < -0.3 is 5.32 Å². The minimum Gasteiger partial charge on any atom is -0.351 e. The van der Waals surface area contributed by atoms with Crippen molar-refractivity contribution in [3.63, 3.8) is 0 Å². The molecule has 2 rings (SSSR count). The van der Waals surface area contributed by atoms with Gasteiger partial charge >= 0.3 is 0 Å². The highest BCUT2D eigenvalue weighted by molar-refractivity contribution is 7.89. The standard InChI is InChI=1S/C14H18Cl2N2O3S/c1-10-12(15)8-11(9-13(10)16)14(19)17-4-7-22(20,21)18-5-2-3-6-18/h8-9H,2-7H2,1H3,(H,17,19). The monoisotopic (exact) mass is 364 g/mol. The second kappa shape index (κ2) is 7.17. The lowest BCUT2D eigenvalue weighted by Crippen LogP contribution is -2.36. The van der Waals surface area contributed by atoms with Gasteiger partial charge in [0.15, 0.2) is 0 Å². The van der Waals surface area contributed by atoms with Crippen LogP contribution in [0.5, 0.6) is 0 Å². The maximum atomic E-state index is 12.0. The fraction of sp³-hybridized carbons (Fsp3) is 0.500. The summed E-state index contributed by atoms with van der Waals surface area (Å²) in [7, 11) is -3.29. The molecule has 1 fully saturated rings. The molecule has 0 saturated carbocycles. The van der Waals surface area contributed by atoms with Crippen LogP contribution in [0.3, 0.4) is 0 Å². The number of hydrogen-bond donors (Lipinski definition) is 1. The molecule has 0 aliphatic carbocycles. The third-order valence-electron chi connectivity index (χ3n) is 3.65. The Labute approximate surface area is 140 Å². The summed E-state index contributed by atoms with van der Waals surface area (Å²) in [5.74, 6) is -0.494. The molecule has 0 radical (unpaired) electrons. The van der Waals surface area contributed by atoms with Gasteiger partial charge in [-0.25, -0.2) is 12.7 Å². The number of carbonyl (C=O) groups is 1. The van der Waals surface area contributed by atoms with Crippen LogP contribution in [-0.4, -0.2) is 44.0 Å². The summed E-state index contributed by atoms with van der Waals surface area (Å²) >= 11 is 12.0. The molecular weight excluding hydrogens is 347 g/mol. The van der Waals surface area contributed by atoms with E-state index in [1.807, 2.05) is 0 Å². The van der Waals surface area contributed by atoms with E-state index in [2.05, 4.69) is 5.32 Å². The van der Waals surface area contributed by atoms with Gasteiger partial charge in [0.25, 0.3) is 5.91 Å². The van der Waals surface area contributed by atoms with E-state index in [9.17, 15) is 13.2 Å². The average Bonchev–Trinajstić information content (AvgIpc) is 2.98. The fourth-order valence-corrected chi connectivity index (χ4v) is 4.19. The van der Waals surface area contributed by atoms with Crippen LogP contribution in [0, 0.1) is 6.92 Å². The minimum absolute atomic E-state index is 0.0563. The zero-order valence-corrected chi connectivity index (χ0v) is 14.6. The molecule has 1 aromatic carbocycles. The fourth-order valence-electron chi connectivity index (χ4n) is 2.27. The van der Waals surface area contributed by atoms with Gasteiger partial charge in [-0.1, -0.05) is 23.2 Å². The predicted octanol–water partition coefficient (Wildman–Crippen LogP) is 2.46. The number of benzene rings is 1. The molecule has 22 heavy (non-hydrogen) atoms. The van der Waals surface area contributed by atoms with Crippen LogP contribution in [-0.2, 0) is 10.0 Å². The van der Waals surface area contributed by atoms with Gasteiger partial charge in [-0.15, -0.1) is 0 Å². The molecular formula is C14H18Cl2N2O3S. The molecule has 1 heterocycles. The highest BCUT2D eigenvalue weighted by Gasteiger charge is 2.24. The van der Waals surface area contributed by atoms with Crippen LogP contribution >= 0.6 is 23.2 Å². The van der Waals surface area contributed by atoms with Gasteiger partial charge in [-0.3, -0.25) is 4.79 Å². The van der Waals surface area contributed by atoms with Crippen LogP contribution < -0.4 is 5.32 Å². The number of nitrogens with zero attached hydrogens (tertiary/aromatic N) is 1. The Kier molecular flexibility index (Phi) is 5.71. The number of rotatable bonds is 5. The highest BCUT2D eigenvalue weighted by atomic mass is 35.5. The molecule has 122 valence electrons. The lowest BCUT2D eigenvalue weighted by Gasteiger charge is -2.15. The number of halogens is 2. The van der Waals surface area contributed by atoms with Crippen molar-refractivity contribution >= 4 is 39.1 Å². The normalized spacial score (nSPS) is 16.0. The van der Waals surface area contributed by atoms with Crippen molar-refractivity contribution < 1.29 is 13.2 Å². The molecule has 1 aliphatic rings. The molecule has 1 saturated heterocycles. The molecule has 1 N–H and O–H groups in total. The van der Waals surface area contributed by atoms with Gasteiger partial charge in [0.2, 0.25) is 10.0 Å². The summed E-state index contributed by atoms with van der Waals surface area (Å²) < 4.78 is 25.5. The molecule has 1 aliphatic heterocycles. The van der Waals surface area contributed by atoms with Crippen molar-refractivity contribution in [1.29, 1.82) is 0 Å². The zero-order chi connectivity index (χ0) is 16.3. The molecule has 5 nitrogen and oxygen atoms in total. The SMILES string of the molecule is Cc1c(Cl)cc(C(=O)NCCS(=O)(=O)N2CCCC2)cc1Cl. The number of nitrogens with one attached hydrogen (secondary N) is 1. The van der Waals surface area contributed by atoms with Crippen LogP contribution in [0.25, 0.3) is 0 Å². The Morgan fingerprint density at radius 1 is 1.23 bits per heavy atom. The largest absolute Gasteiger partial charge is 0.351 e. The zero-order valence-electron chi connectivity index (χ0n) is 12.2. The third kappa shape index (κ3) is 4.13. The van der Waals surface area contributed by atoms with Gasteiger partial charge in [0.05, 0.1) is 5.75 Å². The molecule has 0 unspecified atom stereocenters. The van der Waals surface area contributed by atoms with E-state index in [1.54, 1.807) is 6.92 Å². The Morgan fingerprint density at radius 2 is 1.77 bits per heavy atom. The lowest BCUT2D eigenvalue weighted by molar-refractivity contribution is 0.0956. The van der Waals surface area contributed by atoms with E-state index >= 15 is 0 Å². The van der Waals surface area contributed by atoms with E-state index in [-0.39, 0.29) is 18.2 Å². The summed E-state index contributed by atoms with van der Waals surface area (Å²) in [6.45, 7) is 2.95. The summed E-state index contributed by atoms with van der Waals surface area (Å²) in [6, 6.07) is 3.04. The van der Waals surface area contributed by atoms with Crippen molar-refractivity contribution in [2.45, 2.75) is 19.8 Å². The number of amides is 1. The van der Waals surface area contributed by atoms with Crippen molar-refractivity contribution in [2.75, 3.05) is 25.4 Å². The number of hydrogen-bond acceptors (Lipinski definition) is 3. The molecule has 0 bridgehead atoms. The quantitative estimate of drug-likeness (QED) is 0.872. The Bertz CT molecular complexity index is 648. The van der Waals surface area contributed by atoms with Crippen molar-refractivity contribution in [1.82, 2.24) is 9.62 Å². The summed E-state index contributed by atoms with van der Waals surface area (Å²) in [6.07, 6.45) is 1.79. The lowest BCUT2D eigenvalue weighted by atomic mass is 10.1. The molecule has 1 amide bonds. The smallest absolute Gasteiger partial charge is 0.251 e. The van der Waals surface area contributed by atoms with E-state index in [4.69, 9.17) is 23.2 Å². The van der Waals surface area contributed by atoms with E-state index in [1.165, 1.54) is 16.4 Å². The van der Waals surface area contributed by atoms with Crippen LogP contribution in [0.2, 0.25) is 10.0 Å².